The van der Waals surface area contributed by atoms with Crippen LogP contribution in [-0.2, 0) is 30.3 Å². The molecule has 9 aliphatic rings. The maximum atomic E-state index is 13.3. The van der Waals surface area contributed by atoms with E-state index in [1.807, 2.05) is 32.9 Å². The second-order valence-electron chi connectivity index (χ2n) is 7.99. The molecule has 5 atom stereocenters. The molecule has 10 rings (SSSR count). The van der Waals surface area contributed by atoms with Gasteiger partial charge in [0.1, 0.15) is 6.10 Å². The van der Waals surface area contributed by atoms with E-state index < -0.39 is 23.6 Å². The van der Waals surface area contributed by atoms with Crippen LogP contribution in [0.15, 0.2) is 12.1 Å². The van der Waals surface area contributed by atoms with Gasteiger partial charge in [-0.15, -0.1) is 0 Å². The minimum absolute atomic E-state index is 0.0122. The van der Waals surface area contributed by atoms with Gasteiger partial charge in [-0.05, 0) is 55.4 Å². The SMILES string of the molecule is CCC1C(=O)C23CCC1C(c1cc(C)c(c(Cl)c1)CC(=O)O2)C(C)OC3=O. The molecule has 0 amide bonds. The van der Waals surface area contributed by atoms with Gasteiger partial charge in [-0.2, -0.15) is 0 Å². The van der Waals surface area contributed by atoms with E-state index in [2.05, 4.69) is 0 Å². The minimum Gasteiger partial charge on any atom is -0.459 e. The van der Waals surface area contributed by atoms with E-state index in [-0.39, 0.29) is 36.4 Å². The number of carbonyl (C=O) groups excluding carboxylic acids is 3. The van der Waals surface area contributed by atoms with Gasteiger partial charge in [0.05, 0.1) is 6.42 Å². The van der Waals surface area contributed by atoms with Crippen LogP contribution in [0.1, 0.15) is 55.7 Å². The quantitative estimate of drug-likeness (QED) is 0.542. The molecule has 27 heavy (non-hydrogen) atoms. The molecule has 0 N–H and O–H groups in total. The largest absolute Gasteiger partial charge is 0.459 e. The van der Waals surface area contributed by atoms with Crippen molar-refractivity contribution in [2.75, 3.05) is 0 Å². The summed E-state index contributed by atoms with van der Waals surface area (Å²) in [4.78, 5) is 39.0. The van der Waals surface area contributed by atoms with Gasteiger partial charge in [0.2, 0.25) is 0 Å². The van der Waals surface area contributed by atoms with E-state index in [1.165, 1.54) is 0 Å². The Hall–Kier alpha value is -1.88. The monoisotopic (exact) mass is 390 g/mol. The highest BCUT2D eigenvalue weighted by atomic mass is 35.5. The maximum Gasteiger partial charge on any atom is 0.358 e. The molecule has 1 aliphatic carbocycles. The molecule has 0 radical (unpaired) electrons. The van der Waals surface area contributed by atoms with Gasteiger partial charge in [-0.3, -0.25) is 9.59 Å². The Balaban J connectivity index is 2.01. The number of Topliss-reactive ketones (excluding diaryl/α,β-unsaturated/α-hetero) is 1. The van der Waals surface area contributed by atoms with E-state index in [9.17, 15) is 14.4 Å². The molecule has 144 valence electrons. The van der Waals surface area contributed by atoms with Crippen LogP contribution in [0.25, 0.3) is 0 Å². The van der Waals surface area contributed by atoms with Crippen LogP contribution in [0.3, 0.4) is 0 Å². The summed E-state index contributed by atoms with van der Waals surface area (Å²) in [7, 11) is 0. The fourth-order valence-electron chi connectivity index (χ4n) is 5.25. The van der Waals surface area contributed by atoms with Crippen molar-refractivity contribution >= 4 is 29.3 Å². The van der Waals surface area contributed by atoms with Crippen molar-refractivity contribution in [3.05, 3.63) is 33.8 Å². The predicted molar refractivity (Wildman–Crippen MR) is 98.5 cm³/mol. The molecule has 1 aromatic carbocycles. The molecular weight excluding hydrogens is 368 g/mol. The zero-order chi connectivity index (χ0) is 19.5. The lowest BCUT2D eigenvalue weighted by Gasteiger charge is -2.48. The number of hydrogen-bond donors (Lipinski definition) is 0. The Morgan fingerprint density at radius 2 is 2.00 bits per heavy atom. The van der Waals surface area contributed by atoms with Crippen LogP contribution in [0.5, 0.6) is 0 Å². The third kappa shape index (κ3) is 2.62. The van der Waals surface area contributed by atoms with Gasteiger partial charge in [0.25, 0.3) is 5.60 Å². The van der Waals surface area contributed by atoms with Gasteiger partial charge in [0, 0.05) is 23.3 Å². The number of ether oxygens (including phenoxy) is 2. The first-order valence-corrected chi connectivity index (χ1v) is 9.92. The molecule has 8 aliphatic heterocycles. The minimum atomic E-state index is -1.81. The Morgan fingerprint density at radius 1 is 1.26 bits per heavy atom. The van der Waals surface area contributed by atoms with Crippen LogP contribution in [0.4, 0.5) is 0 Å². The fourth-order valence-corrected chi connectivity index (χ4v) is 5.59. The van der Waals surface area contributed by atoms with E-state index >= 15 is 0 Å². The van der Waals surface area contributed by atoms with Gasteiger partial charge in [-0.25, -0.2) is 4.79 Å². The summed E-state index contributed by atoms with van der Waals surface area (Å²) >= 11 is 6.50. The van der Waals surface area contributed by atoms with Crippen molar-refractivity contribution in [2.45, 2.75) is 64.1 Å². The fraction of sp³-hybridized carbons (Fsp3) is 0.571. The molecular formula is C21H23ClO5. The van der Waals surface area contributed by atoms with Crippen molar-refractivity contribution < 1.29 is 23.9 Å². The Morgan fingerprint density at radius 3 is 2.67 bits per heavy atom. The Labute approximate surface area is 163 Å². The standard InChI is InChI=1S/C21H23ClO5/c1-4-13-14-5-6-21(19(13)24)20(25)26-11(3)18(14)12-7-10(2)15(16(22)8-12)9-17(23)27-21/h7-8,11,13-14,18H,4-6,9H2,1-3H3. The van der Waals surface area contributed by atoms with Gasteiger partial charge in [-0.1, -0.05) is 24.6 Å². The first-order valence-electron chi connectivity index (χ1n) is 9.54. The highest BCUT2D eigenvalue weighted by Gasteiger charge is 2.61. The average Bonchev–Trinajstić information content (AvgIpc) is 2.59. The molecule has 6 heteroatoms. The summed E-state index contributed by atoms with van der Waals surface area (Å²) in [6.45, 7) is 5.70. The number of halogens is 1. The Kier molecular flexibility index (Phi) is 4.34. The molecule has 1 aromatic rings. The Bertz CT molecular complexity index is 824. The zero-order valence-electron chi connectivity index (χ0n) is 15.7. The number of carbonyl (C=O) groups is 3. The summed E-state index contributed by atoms with van der Waals surface area (Å²) in [6.07, 6.45) is 0.880. The van der Waals surface area contributed by atoms with Crippen molar-refractivity contribution in [3.63, 3.8) is 0 Å². The molecule has 3 fully saturated rings. The van der Waals surface area contributed by atoms with Crippen LogP contribution in [0, 0.1) is 18.8 Å². The topological polar surface area (TPSA) is 69.7 Å². The zero-order valence-corrected chi connectivity index (χ0v) is 16.5. The van der Waals surface area contributed by atoms with Gasteiger partial charge < -0.3 is 9.47 Å². The third-order valence-corrected chi connectivity index (χ3v) is 6.88. The smallest absolute Gasteiger partial charge is 0.358 e. The lowest BCUT2D eigenvalue weighted by Crippen LogP contribution is -2.61. The molecule has 0 aromatic heterocycles. The second kappa shape index (κ2) is 6.33. The number of aryl methyl sites for hydroxylation is 1. The molecule has 5 unspecified atom stereocenters. The first-order chi connectivity index (χ1) is 12.8. The predicted octanol–water partition coefficient (Wildman–Crippen LogP) is 3.52. The third-order valence-electron chi connectivity index (χ3n) is 6.55. The number of ketones is 1. The number of hydrogen-bond acceptors (Lipinski definition) is 5. The van der Waals surface area contributed by atoms with E-state index in [1.54, 1.807) is 0 Å². The molecule has 5 bridgehead atoms. The van der Waals surface area contributed by atoms with E-state index in [0.29, 0.717) is 23.4 Å². The van der Waals surface area contributed by atoms with Crippen LogP contribution in [0.2, 0.25) is 5.02 Å². The lowest BCUT2D eigenvalue weighted by atomic mass is 9.61. The molecule has 5 nitrogen and oxygen atoms in total. The van der Waals surface area contributed by atoms with Gasteiger partial charge >= 0.3 is 11.9 Å². The van der Waals surface area contributed by atoms with E-state index in [0.717, 1.165) is 11.1 Å². The van der Waals surface area contributed by atoms with Crippen molar-refractivity contribution in [3.8, 4) is 0 Å². The van der Waals surface area contributed by atoms with Crippen LogP contribution in [-0.4, -0.2) is 29.4 Å². The highest BCUT2D eigenvalue weighted by molar-refractivity contribution is 6.31. The van der Waals surface area contributed by atoms with Gasteiger partial charge in [0.15, 0.2) is 5.78 Å². The highest BCUT2D eigenvalue weighted by Crippen LogP contribution is 2.50. The molecule has 1 saturated carbocycles. The first kappa shape index (κ1) is 18.5. The number of benzene rings is 1. The van der Waals surface area contributed by atoms with Crippen molar-refractivity contribution in [2.24, 2.45) is 11.8 Å². The van der Waals surface area contributed by atoms with Crippen LogP contribution >= 0.6 is 11.6 Å². The normalized spacial score (nSPS) is 35.3. The molecule has 8 heterocycles. The average molecular weight is 391 g/mol. The number of rotatable bonds is 1. The van der Waals surface area contributed by atoms with E-state index in [4.69, 9.17) is 21.1 Å². The summed E-state index contributed by atoms with van der Waals surface area (Å²) < 4.78 is 11.3. The van der Waals surface area contributed by atoms with Crippen LogP contribution < -0.4 is 0 Å². The number of esters is 2. The molecule has 2 saturated heterocycles. The summed E-state index contributed by atoms with van der Waals surface area (Å²) in [5.74, 6) is -2.14. The lowest BCUT2D eigenvalue weighted by molar-refractivity contribution is -0.201. The van der Waals surface area contributed by atoms with Crippen molar-refractivity contribution in [1.82, 2.24) is 0 Å². The maximum absolute atomic E-state index is 13.3. The summed E-state index contributed by atoms with van der Waals surface area (Å²) in [5, 5.41) is 0.510. The van der Waals surface area contributed by atoms with Crippen molar-refractivity contribution in [1.29, 1.82) is 0 Å². The molecule has 1 spiro atoms. The second-order valence-corrected chi connectivity index (χ2v) is 8.40. The summed E-state index contributed by atoms with van der Waals surface area (Å²) in [5.41, 5.74) is 0.728. The summed E-state index contributed by atoms with van der Waals surface area (Å²) in [6, 6.07) is 3.86.